The van der Waals surface area contributed by atoms with Crippen molar-refractivity contribution in [2.45, 2.75) is 45.6 Å². The fourth-order valence-electron chi connectivity index (χ4n) is 2.35. The standard InChI is InChI=1S/C9H17N5/c1-9(2)6-4-3-5-7(9)14-8(10)11-12-13-14/h7H,3-6H2,1-2H3,(H2,10,11,13). The zero-order chi connectivity index (χ0) is 10.2. The fourth-order valence-corrected chi connectivity index (χ4v) is 2.35. The third-order valence-electron chi connectivity index (χ3n) is 3.26. The maximum absolute atomic E-state index is 5.72. The lowest BCUT2D eigenvalue weighted by Crippen LogP contribution is -2.32. The van der Waals surface area contributed by atoms with Gasteiger partial charge in [-0.3, -0.25) is 0 Å². The fraction of sp³-hybridized carbons (Fsp3) is 0.889. The molecule has 2 N–H and O–H groups in total. The van der Waals surface area contributed by atoms with E-state index in [0.717, 1.165) is 6.42 Å². The van der Waals surface area contributed by atoms with Crippen molar-refractivity contribution in [3.8, 4) is 0 Å². The second kappa shape index (κ2) is 3.22. The van der Waals surface area contributed by atoms with Gasteiger partial charge in [-0.25, -0.2) is 4.68 Å². The third-order valence-corrected chi connectivity index (χ3v) is 3.26. The number of rotatable bonds is 1. The minimum Gasteiger partial charge on any atom is -0.367 e. The van der Waals surface area contributed by atoms with Crippen LogP contribution in [0, 0.1) is 5.41 Å². The molecule has 1 saturated carbocycles. The number of hydrogen-bond donors (Lipinski definition) is 1. The summed E-state index contributed by atoms with van der Waals surface area (Å²) in [5, 5.41) is 11.3. The van der Waals surface area contributed by atoms with E-state index in [4.69, 9.17) is 5.73 Å². The second-order valence-electron chi connectivity index (χ2n) is 4.73. The Balaban J connectivity index is 2.28. The molecule has 0 aromatic carbocycles. The minimum atomic E-state index is 0.252. The predicted octanol–water partition coefficient (Wildman–Crippen LogP) is 1.40. The highest BCUT2D eigenvalue weighted by molar-refractivity contribution is 5.12. The van der Waals surface area contributed by atoms with E-state index in [2.05, 4.69) is 29.4 Å². The lowest BCUT2D eigenvalue weighted by atomic mass is 9.73. The van der Waals surface area contributed by atoms with Gasteiger partial charge in [0.25, 0.3) is 0 Å². The Bertz CT molecular complexity index is 317. The van der Waals surface area contributed by atoms with Crippen LogP contribution in [-0.2, 0) is 0 Å². The highest BCUT2D eigenvalue weighted by Crippen LogP contribution is 2.43. The summed E-state index contributed by atoms with van der Waals surface area (Å²) in [6, 6.07) is 0.353. The van der Waals surface area contributed by atoms with Gasteiger partial charge in [-0.05, 0) is 28.7 Å². The van der Waals surface area contributed by atoms with Crippen molar-refractivity contribution in [1.29, 1.82) is 0 Å². The lowest BCUT2D eigenvalue weighted by molar-refractivity contribution is 0.133. The summed E-state index contributed by atoms with van der Waals surface area (Å²) in [4.78, 5) is 0. The highest BCUT2D eigenvalue weighted by Gasteiger charge is 2.35. The molecule has 1 unspecified atom stereocenters. The Morgan fingerprint density at radius 1 is 1.43 bits per heavy atom. The highest BCUT2D eigenvalue weighted by atomic mass is 15.6. The molecule has 1 aliphatic rings. The summed E-state index contributed by atoms with van der Waals surface area (Å²) in [6.07, 6.45) is 4.89. The molecule has 0 spiro atoms. The van der Waals surface area contributed by atoms with Gasteiger partial charge in [0.1, 0.15) is 0 Å². The maximum Gasteiger partial charge on any atom is 0.240 e. The number of nitrogen functional groups attached to an aromatic ring is 1. The third kappa shape index (κ3) is 1.47. The number of tetrazole rings is 1. The normalized spacial score (nSPS) is 26.3. The van der Waals surface area contributed by atoms with E-state index >= 15 is 0 Å². The topological polar surface area (TPSA) is 69.6 Å². The van der Waals surface area contributed by atoms with Crippen LogP contribution in [0.1, 0.15) is 45.6 Å². The number of anilines is 1. The molecule has 2 rings (SSSR count). The quantitative estimate of drug-likeness (QED) is 0.735. The van der Waals surface area contributed by atoms with Gasteiger partial charge in [0.05, 0.1) is 6.04 Å². The molecule has 0 amide bonds. The van der Waals surface area contributed by atoms with Crippen molar-refractivity contribution in [3.63, 3.8) is 0 Å². The number of aromatic nitrogens is 4. The van der Waals surface area contributed by atoms with E-state index in [9.17, 15) is 0 Å². The van der Waals surface area contributed by atoms with E-state index in [-0.39, 0.29) is 5.41 Å². The molecule has 5 nitrogen and oxygen atoms in total. The molecular weight excluding hydrogens is 178 g/mol. The molecule has 1 atom stereocenters. The van der Waals surface area contributed by atoms with E-state index in [0.29, 0.717) is 12.0 Å². The van der Waals surface area contributed by atoms with E-state index in [1.54, 1.807) is 4.68 Å². The van der Waals surface area contributed by atoms with Gasteiger partial charge in [-0.15, -0.1) is 0 Å². The number of nitrogens with zero attached hydrogens (tertiary/aromatic N) is 4. The van der Waals surface area contributed by atoms with Crippen LogP contribution in [-0.4, -0.2) is 20.2 Å². The van der Waals surface area contributed by atoms with Gasteiger partial charge in [0.2, 0.25) is 5.95 Å². The monoisotopic (exact) mass is 195 g/mol. The molecular formula is C9H17N5. The summed E-state index contributed by atoms with van der Waals surface area (Å²) in [6.45, 7) is 4.52. The molecule has 1 aromatic rings. The van der Waals surface area contributed by atoms with E-state index in [1.807, 2.05) is 0 Å². The average molecular weight is 195 g/mol. The van der Waals surface area contributed by atoms with Crippen LogP contribution < -0.4 is 5.73 Å². The Morgan fingerprint density at radius 3 is 2.79 bits per heavy atom. The maximum atomic E-state index is 5.72. The zero-order valence-electron chi connectivity index (χ0n) is 8.77. The van der Waals surface area contributed by atoms with Crippen molar-refractivity contribution >= 4 is 5.95 Å². The second-order valence-corrected chi connectivity index (χ2v) is 4.73. The molecule has 14 heavy (non-hydrogen) atoms. The molecule has 0 radical (unpaired) electrons. The zero-order valence-corrected chi connectivity index (χ0v) is 8.77. The van der Waals surface area contributed by atoms with Crippen LogP contribution in [0.15, 0.2) is 0 Å². The Kier molecular flexibility index (Phi) is 2.17. The molecule has 0 bridgehead atoms. The summed E-state index contributed by atoms with van der Waals surface area (Å²) in [7, 11) is 0. The first kappa shape index (κ1) is 9.43. The molecule has 78 valence electrons. The van der Waals surface area contributed by atoms with Crippen LogP contribution in [0.25, 0.3) is 0 Å². The smallest absolute Gasteiger partial charge is 0.240 e. The van der Waals surface area contributed by atoms with Crippen molar-refractivity contribution < 1.29 is 0 Å². The Morgan fingerprint density at radius 2 is 2.21 bits per heavy atom. The van der Waals surface area contributed by atoms with Crippen molar-refractivity contribution in [2.24, 2.45) is 5.41 Å². The summed E-state index contributed by atoms with van der Waals surface area (Å²) >= 11 is 0. The van der Waals surface area contributed by atoms with Crippen LogP contribution in [0.3, 0.4) is 0 Å². The molecule has 1 heterocycles. The van der Waals surface area contributed by atoms with Crippen molar-refractivity contribution in [3.05, 3.63) is 0 Å². The molecule has 1 aliphatic carbocycles. The van der Waals surface area contributed by atoms with Crippen molar-refractivity contribution in [1.82, 2.24) is 20.2 Å². The van der Waals surface area contributed by atoms with Gasteiger partial charge in [0.15, 0.2) is 0 Å². The Hall–Kier alpha value is -1.13. The molecule has 0 saturated heterocycles. The van der Waals surface area contributed by atoms with Crippen LogP contribution in [0.5, 0.6) is 0 Å². The summed E-state index contributed by atoms with van der Waals surface area (Å²) < 4.78 is 1.78. The minimum absolute atomic E-state index is 0.252. The van der Waals surface area contributed by atoms with Gasteiger partial charge >= 0.3 is 0 Å². The number of hydrogen-bond acceptors (Lipinski definition) is 4. The van der Waals surface area contributed by atoms with Gasteiger partial charge in [-0.1, -0.05) is 31.8 Å². The first-order valence-electron chi connectivity index (χ1n) is 5.14. The predicted molar refractivity (Wildman–Crippen MR) is 53.5 cm³/mol. The Labute approximate surface area is 83.7 Å². The summed E-state index contributed by atoms with van der Waals surface area (Å²) in [5.41, 5.74) is 5.97. The van der Waals surface area contributed by atoms with Crippen molar-refractivity contribution in [2.75, 3.05) is 5.73 Å². The average Bonchev–Trinajstić information content (AvgIpc) is 2.51. The van der Waals surface area contributed by atoms with Gasteiger partial charge in [0, 0.05) is 0 Å². The van der Waals surface area contributed by atoms with Crippen LogP contribution in [0.4, 0.5) is 5.95 Å². The van der Waals surface area contributed by atoms with E-state index < -0.39 is 0 Å². The molecule has 1 aromatic heterocycles. The van der Waals surface area contributed by atoms with Crippen LogP contribution in [0.2, 0.25) is 0 Å². The SMILES string of the molecule is CC1(C)CCCCC1n1nnnc1N. The van der Waals surface area contributed by atoms with Gasteiger partial charge in [-0.2, -0.15) is 0 Å². The number of nitrogens with two attached hydrogens (primary N) is 1. The largest absolute Gasteiger partial charge is 0.367 e. The van der Waals surface area contributed by atoms with Gasteiger partial charge < -0.3 is 5.73 Å². The first-order valence-corrected chi connectivity index (χ1v) is 5.14. The summed E-state index contributed by atoms with van der Waals surface area (Å²) in [5.74, 6) is 0.435. The molecule has 0 aliphatic heterocycles. The molecule has 1 fully saturated rings. The molecule has 5 heteroatoms. The van der Waals surface area contributed by atoms with Crippen LogP contribution >= 0.6 is 0 Å². The first-order chi connectivity index (χ1) is 6.61. The van der Waals surface area contributed by atoms with E-state index in [1.165, 1.54) is 19.3 Å². The lowest BCUT2D eigenvalue weighted by Gasteiger charge is -2.38.